The summed E-state index contributed by atoms with van der Waals surface area (Å²) in [4.78, 5) is 22.4. The van der Waals surface area contributed by atoms with E-state index < -0.39 is 0 Å². The summed E-state index contributed by atoms with van der Waals surface area (Å²) in [5.41, 5.74) is 0. The van der Waals surface area contributed by atoms with Gasteiger partial charge in [-0.15, -0.1) is 0 Å². The largest absolute Gasteiger partial charge is 0.356 e. The van der Waals surface area contributed by atoms with Crippen LogP contribution in [0.2, 0.25) is 0 Å². The second-order valence-electron chi connectivity index (χ2n) is 4.52. The molecule has 0 aromatic carbocycles. The van der Waals surface area contributed by atoms with Gasteiger partial charge in [0, 0.05) is 26.2 Å². The highest BCUT2D eigenvalue weighted by molar-refractivity contribution is 5.80. The van der Waals surface area contributed by atoms with Crippen LogP contribution in [-0.2, 0) is 9.59 Å². The Balaban J connectivity index is 0. The first-order valence-electron chi connectivity index (χ1n) is 5.75. The fraction of sp³-hybridized carbons (Fsp3) is 0.833. The predicted octanol–water partition coefficient (Wildman–Crippen LogP) is 2.40. The molecule has 0 aliphatic carbocycles. The summed E-state index contributed by atoms with van der Waals surface area (Å²) in [5.74, 6) is 0.577. The Hall–Kier alpha value is -0.860. The van der Waals surface area contributed by atoms with Gasteiger partial charge in [0.2, 0.25) is 5.91 Å². The van der Waals surface area contributed by atoms with E-state index in [4.69, 9.17) is 0 Å². The number of hydrogen-bond acceptors (Lipinski definition) is 2. The van der Waals surface area contributed by atoms with Crippen molar-refractivity contribution in [2.45, 2.75) is 47.0 Å². The minimum absolute atomic E-state index is 0. The van der Waals surface area contributed by atoms with E-state index in [1.165, 1.54) is 0 Å². The standard InChI is InChI=1S/C12H23NO2.H2/c1-9(2)11(14)7-5-6-8-13-12(15)10(3)4;/h9-10H,5-8H2,1-4H3,(H,13,15);1H. The monoisotopic (exact) mass is 215 g/mol. The molecule has 0 saturated heterocycles. The van der Waals surface area contributed by atoms with E-state index in [0.717, 1.165) is 12.8 Å². The third-order valence-electron chi connectivity index (χ3n) is 2.32. The molecule has 0 spiro atoms. The number of carbonyl (C=O) groups excluding carboxylic acids is 2. The lowest BCUT2D eigenvalue weighted by molar-refractivity contribution is -0.124. The van der Waals surface area contributed by atoms with Crippen LogP contribution in [0.25, 0.3) is 0 Å². The Labute approximate surface area is 94.1 Å². The van der Waals surface area contributed by atoms with E-state index in [-0.39, 0.29) is 19.2 Å². The molecule has 0 saturated carbocycles. The van der Waals surface area contributed by atoms with E-state index in [1.54, 1.807) is 0 Å². The Morgan fingerprint density at radius 1 is 1.07 bits per heavy atom. The van der Waals surface area contributed by atoms with Gasteiger partial charge in [-0.2, -0.15) is 0 Å². The molecule has 0 bridgehead atoms. The smallest absolute Gasteiger partial charge is 0.222 e. The molecule has 0 unspecified atom stereocenters. The summed E-state index contributed by atoms with van der Waals surface area (Å²) in [6, 6.07) is 0. The van der Waals surface area contributed by atoms with Crippen molar-refractivity contribution >= 4 is 11.7 Å². The van der Waals surface area contributed by atoms with Gasteiger partial charge in [-0.3, -0.25) is 9.59 Å². The van der Waals surface area contributed by atoms with E-state index in [0.29, 0.717) is 18.7 Å². The Morgan fingerprint density at radius 3 is 2.13 bits per heavy atom. The molecule has 3 nitrogen and oxygen atoms in total. The number of hydrogen-bond donors (Lipinski definition) is 1. The van der Waals surface area contributed by atoms with Gasteiger partial charge < -0.3 is 5.32 Å². The highest BCUT2D eigenvalue weighted by Gasteiger charge is 2.07. The average Bonchev–Trinajstić information content (AvgIpc) is 2.16. The Morgan fingerprint density at radius 2 is 1.67 bits per heavy atom. The molecule has 0 radical (unpaired) electrons. The molecule has 0 aromatic heterocycles. The number of ketones is 1. The first-order chi connectivity index (χ1) is 6.95. The first-order valence-corrected chi connectivity index (χ1v) is 5.75. The summed E-state index contributed by atoms with van der Waals surface area (Å²) in [6.45, 7) is 8.27. The van der Waals surface area contributed by atoms with Crippen LogP contribution >= 0.6 is 0 Å². The van der Waals surface area contributed by atoms with Gasteiger partial charge in [0.05, 0.1) is 0 Å². The van der Waals surface area contributed by atoms with E-state index in [9.17, 15) is 9.59 Å². The third kappa shape index (κ3) is 7.11. The van der Waals surface area contributed by atoms with Crippen LogP contribution in [0.3, 0.4) is 0 Å². The van der Waals surface area contributed by atoms with Crippen LogP contribution in [-0.4, -0.2) is 18.2 Å². The lowest BCUT2D eigenvalue weighted by Crippen LogP contribution is -2.28. The van der Waals surface area contributed by atoms with E-state index >= 15 is 0 Å². The molecule has 15 heavy (non-hydrogen) atoms. The SMILES string of the molecule is CC(C)C(=O)CCCCNC(=O)C(C)C.[HH]. The number of carbonyl (C=O) groups is 2. The van der Waals surface area contributed by atoms with Crippen molar-refractivity contribution in [1.82, 2.24) is 5.32 Å². The fourth-order valence-corrected chi connectivity index (χ4v) is 1.13. The highest BCUT2D eigenvalue weighted by Crippen LogP contribution is 2.03. The van der Waals surface area contributed by atoms with Crippen molar-refractivity contribution in [2.75, 3.05) is 6.54 Å². The molecule has 3 heteroatoms. The normalized spacial score (nSPS) is 10.8. The van der Waals surface area contributed by atoms with Crippen molar-refractivity contribution in [3.8, 4) is 0 Å². The lowest BCUT2D eigenvalue weighted by atomic mass is 10.0. The van der Waals surface area contributed by atoms with Crippen LogP contribution in [0.15, 0.2) is 0 Å². The van der Waals surface area contributed by atoms with Crippen molar-refractivity contribution in [3.63, 3.8) is 0 Å². The number of nitrogens with one attached hydrogen (secondary N) is 1. The van der Waals surface area contributed by atoms with Gasteiger partial charge in [-0.05, 0) is 12.8 Å². The van der Waals surface area contributed by atoms with Crippen molar-refractivity contribution in [3.05, 3.63) is 0 Å². The van der Waals surface area contributed by atoms with Crippen LogP contribution in [0, 0.1) is 11.8 Å². The maximum Gasteiger partial charge on any atom is 0.222 e. The molecule has 0 aliphatic rings. The van der Waals surface area contributed by atoms with Crippen LogP contribution in [0.1, 0.15) is 48.4 Å². The van der Waals surface area contributed by atoms with E-state index in [1.807, 2.05) is 27.7 Å². The number of amides is 1. The van der Waals surface area contributed by atoms with Crippen LogP contribution in [0.5, 0.6) is 0 Å². The highest BCUT2D eigenvalue weighted by atomic mass is 16.1. The average molecular weight is 215 g/mol. The molecule has 0 fully saturated rings. The second-order valence-corrected chi connectivity index (χ2v) is 4.52. The number of Topliss-reactive ketones (excluding diaryl/α,β-unsaturated/α-hetero) is 1. The summed E-state index contributed by atoms with van der Waals surface area (Å²) in [5, 5.41) is 2.83. The van der Waals surface area contributed by atoms with Gasteiger partial charge in [0.15, 0.2) is 0 Å². The maximum atomic E-state index is 11.3. The first kappa shape index (κ1) is 14.1. The van der Waals surface area contributed by atoms with Gasteiger partial charge in [-0.25, -0.2) is 0 Å². The summed E-state index contributed by atoms with van der Waals surface area (Å²) in [6.07, 6.45) is 2.39. The molecule has 0 aliphatic heterocycles. The third-order valence-corrected chi connectivity index (χ3v) is 2.32. The van der Waals surface area contributed by atoms with Crippen molar-refractivity contribution < 1.29 is 11.0 Å². The van der Waals surface area contributed by atoms with Gasteiger partial charge in [0.1, 0.15) is 5.78 Å². The minimum Gasteiger partial charge on any atom is -0.356 e. The summed E-state index contributed by atoms with van der Waals surface area (Å²) < 4.78 is 0. The molecule has 0 rings (SSSR count). The van der Waals surface area contributed by atoms with Crippen LogP contribution < -0.4 is 5.32 Å². The molecule has 0 heterocycles. The zero-order valence-electron chi connectivity index (χ0n) is 10.3. The van der Waals surface area contributed by atoms with Crippen molar-refractivity contribution in [2.24, 2.45) is 11.8 Å². The molecule has 0 aromatic rings. The predicted molar refractivity (Wildman–Crippen MR) is 63.7 cm³/mol. The molecular formula is C12H25NO2. The second kappa shape index (κ2) is 7.43. The topological polar surface area (TPSA) is 46.2 Å². The minimum atomic E-state index is 0. The molecule has 0 atom stereocenters. The lowest BCUT2D eigenvalue weighted by Gasteiger charge is -2.07. The summed E-state index contributed by atoms with van der Waals surface area (Å²) in [7, 11) is 0. The van der Waals surface area contributed by atoms with E-state index in [2.05, 4.69) is 5.32 Å². The zero-order valence-corrected chi connectivity index (χ0v) is 10.3. The Bertz CT molecular complexity index is 193. The Kier molecular flexibility index (Phi) is 7.01. The van der Waals surface area contributed by atoms with Gasteiger partial charge >= 0.3 is 0 Å². The molecule has 1 amide bonds. The van der Waals surface area contributed by atoms with Crippen LogP contribution in [0.4, 0.5) is 0 Å². The number of unbranched alkanes of at least 4 members (excludes halogenated alkanes) is 1. The zero-order chi connectivity index (χ0) is 11.8. The number of rotatable bonds is 7. The maximum absolute atomic E-state index is 11.3. The molecular weight excluding hydrogens is 190 g/mol. The molecule has 1 N–H and O–H groups in total. The molecule has 90 valence electrons. The summed E-state index contributed by atoms with van der Waals surface area (Å²) >= 11 is 0. The van der Waals surface area contributed by atoms with Crippen molar-refractivity contribution in [1.29, 1.82) is 0 Å². The quantitative estimate of drug-likeness (QED) is 0.663. The fourth-order valence-electron chi connectivity index (χ4n) is 1.13. The van der Waals surface area contributed by atoms with Gasteiger partial charge in [0.25, 0.3) is 0 Å². The van der Waals surface area contributed by atoms with Gasteiger partial charge in [-0.1, -0.05) is 27.7 Å².